The monoisotopic (exact) mass is 449 g/mol. The van der Waals surface area contributed by atoms with Gasteiger partial charge in [0.15, 0.2) is 0 Å². The Hall–Kier alpha value is -2.13. The van der Waals surface area contributed by atoms with Crippen LogP contribution in [0.1, 0.15) is 46.0 Å². The molecule has 4 atom stereocenters. The van der Waals surface area contributed by atoms with Crippen molar-refractivity contribution < 1.29 is 23.8 Å². The second-order valence-corrected chi connectivity index (χ2v) is 8.75. The lowest BCUT2D eigenvalue weighted by atomic mass is 9.85. The molecule has 10 nitrogen and oxygen atoms in total. The zero-order valence-corrected chi connectivity index (χ0v) is 19.1. The van der Waals surface area contributed by atoms with E-state index in [1.807, 2.05) is 6.08 Å². The second-order valence-electron chi connectivity index (χ2n) is 8.75. The second kappa shape index (κ2) is 12.2. The summed E-state index contributed by atoms with van der Waals surface area (Å²) >= 11 is 0. The van der Waals surface area contributed by atoms with Crippen molar-refractivity contribution in [1.82, 2.24) is 10.2 Å². The predicted molar refractivity (Wildman–Crippen MR) is 118 cm³/mol. The van der Waals surface area contributed by atoms with Gasteiger partial charge in [-0.25, -0.2) is 4.79 Å². The summed E-state index contributed by atoms with van der Waals surface area (Å²) in [6.07, 6.45) is 6.57. The number of carbonyl (C=O) groups excluding carboxylic acids is 2. The van der Waals surface area contributed by atoms with Gasteiger partial charge in [-0.3, -0.25) is 9.69 Å². The van der Waals surface area contributed by atoms with Gasteiger partial charge >= 0.3 is 5.97 Å². The highest BCUT2D eigenvalue weighted by molar-refractivity contribution is 5.89. The molecule has 0 aromatic heterocycles. The van der Waals surface area contributed by atoms with E-state index in [0.29, 0.717) is 25.3 Å². The van der Waals surface area contributed by atoms with Crippen molar-refractivity contribution in [2.45, 2.75) is 70.2 Å². The van der Waals surface area contributed by atoms with Gasteiger partial charge < -0.3 is 19.5 Å². The molecule has 32 heavy (non-hydrogen) atoms. The van der Waals surface area contributed by atoms with Crippen molar-refractivity contribution in [3.05, 3.63) is 22.1 Å². The van der Waals surface area contributed by atoms with Crippen LogP contribution in [0.2, 0.25) is 0 Å². The fourth-order valence-electron chi connectivity index (χ4n) is 4.44. The van der Waals surface area contributed by atoms with Crippen LogP contribution in [0.15, 0.2) is 16.8 Å². The number of nitrogens with one attached hydrogen (secondary N) is 1. The molecule has 2 aliphatic carbocycles. The first kappa shape index (κ1) is 24.5. The number of likely N-dealkylation sites (tertiary alicyclic amines) is 1. The number of azide groups is 1. The summed E-state index contributed by atoms with van der Waals surface area (Å²) in [6.45, 7) is 6.90. The van der Waals surface area contributed by atoms with Crippen molar-refractivity contribution in [3.8, 4) is 0 Å². The van der Waals surface area contributed by atoms with Crippen LogP contribution in [-0.2, 0) is 23.8 Å². The Balaban J connectivity index is 1.68. The summed E-state index contributed by atoms with van der Waals surface area (Å²) in [7, 11) is 0. The van der Waals surface area contributed by atoms with Crippen molar-refractivity contribution in [2.24, 2.45) is 11.0 Å². The van der Waals surface area contributed by atoms with Crippen molar-refractivity contribution in [3.63, 3.8) is 0 Å². The van der Waals surface area contributed by atoms with Crippen LogP contribution < -0.4 is 5.32 Å². The average molecular weight is 450 g/mol. The van der Waals surface area contributed by atoms with E-state index in [2.05, 4.69) is 20.2 Å². The topological polar surface area (TPSA) is 126 Å². The van der Waals surface area contributed by atoms with Gasteiger partial charge in [0.05, 0.1) is 38.0 Å². The molecule has 0 unspecified atom stereocenters. The minimum atomic E-state index is -0.574. The highest BCUT2D eigenvalue weighted by Crippen LogP contribution is 2.30. The zero-order valence-electron chi connectivity index (χ0n) is 19.1. The number of ether oxygens (including phenoxy) is 3. The molecule has 3 rings (SSSR count). The van der Waals surface area contributed by atoms with E-state index in [0.717, 1.165) is 31.9 Å². The molecule has 0 aromatic carbocycles. The Morgan fingerprint density at radius 1 is 1.31 bits per heavy atom. The summed E-state index contributed by atoms with van der Waals surface area (Å²) in [4.78, 5) is 29.5. The number of nitrogens with zero attached hydrogens (tertiary/aromatic N) is 4. The molecule has 0 spiro atoms. The largest absolute Gasteiger partial charge is 0.463 e. The summed E-state index contributed by atoms with van der Waals surface area (Å²) < 4.78 is 16.9. The minimum Gasteiger partial charge on any atom is -0.463 e. The van der Waals surface area contributed by atoms with Gasteiger partial charge in [0, 0.05) is 36.6 Å². The number of amides is 1. The van der Waals surface area contributed by atoms with Crippen LogP contribution >= 0.6 is 0 Å². The maximum atomic E-state index is 12.5. The van der Waals surface area contributed by atoms with Crippen LogP contribution in [0.4, 0.5) is 0 Å². The SMILES string of the molecule is CCOC(=O)C1=C[C@@H](N2CCC[C@H](OCCOCC3CC3)C2)[C@H](NC(C)=O)[C@@H](N=[N+]=[N-])C1. The third-order valence-electron chi connectivity index (χ3n) is 6.15. The van der Waals surface area contributed by atoms with Gasteiger partial charge in [0.25, 0.3) is 0 Å². The molecule has 1 saturated carbocycles. The number of rotatable bonds is 11. The molecule has 2 fully saturated rings. The summed E-state index contributed by atoms with van der Waals surface area (Å²) in [5.41, 5.74) is 9.56. The van der Waals surface area contributed by atoms with Crippen molar-refractivity contribution in [2.75, 3.05) is 39.5 Å². The smallest absolute Gasteiger partial charge is 0.333 e. The van der Waals surface area contributed by atoms with Crippen LogP contribution in [0.25, 0.3) is 10.4 Å². The summed E-state index contributed by atoms with van der Waals surface area (Å²) in [5, 5.41) is 6.85. The lowest BCUT2D eigenvalue weighted by Crippen LogP contribution is -2.60. The van der Waals surface area contributed by atoms with E-state index in [1.165, 1.54) is 19.8 Å². The minimum absolute atomic E-state index is 0.0468. The number of esters is 1. The first-order chi connectivity index (χ1) is 15.5. The first-order valence-corrected chi connectivity index (χ1v) is 11.6. The third-order valence-corrected chi connectivity index (χ3v) is 6.15. The highest BCUT2D eigenvalue weighted by Gasteiger charge is 2.40. The number of carbonyl (C=O) groups is 2. The van der Waals surface area contributed by atoms with Crippen LogP contribution in [-0.4, -0.2) is 80.5 Å². The standard InChI is InChI=1S/C22H35N5O5/c1-3-31-22(29)17-11-19(25-26-23)21(24-15(2)28)20(12-17)27-8-4-5-18(13-27)32-10-9-30-14-16-6-7-16/h12,16,18-21H,3-11,13-14H2,1-2H3,(H,24,28)/t18-,19-,20+,21+/m0/s1. The molecular formula is C22H35N5O5. The van der Waals surface area contributed by atoms with E-state index in [9.17, 15) is 9.59 Å². The average Bonchev–Trinajstić information content (AvgIpc) is 3.59. The molecule has 1 aliphatic heterocycles. The van der Waals surface area contributed by atoms with Crippen LogP contribution in [0.5, 0.6) is 0 Å². The normalized spacial score (nSPS) is 28.4. The molecule has 0 aromatic rings. The molecule has 178 valence electrons. The first-order valence-electron chi connectivity index (χ1n) is 11.6. The number of hydrogen-bond donors (Lipinski definition) is 1. The lowest BCUT2D eigenvalue weighted by molar-refractivity contribution is -0.138. The summed E-state index contributed by atoms with van der Waals surface area (Å²) in [6, 6.07) is -1.29. The predicted octanol–water partition coefficient (Wildman–Crippen LogP) is 2.34. The summed E-state index contributed by atoms with van der Waals surface area (Å²) in [5.74, 6) is 0.125. The van der Waals surface area contributed by atoms with Gasteiger partial charge in [0.1, 0.15) is 0 Å². The quantitative estimate of drug-likeness (QED) is 0.170. The molecule has 1 N–H and O–H groups in total. The maximum Gasteiger partial charge on any atom is 0.333 e. The number of hydrogen-bond acceptors (Lipinski definition) is 7. The third kappa shape index (κ3) is 7.20. The van der Waals surface area contributed by atoms with E-state index in [4.69, 9.17) is 19.7 Å². The molecule has 0 radical (unpaired) electrons. The van der Waals surface area contributed by atoms with Crippen molar-refractivity contribution >= 4 is 11.9 Å². The molecular weight excluding hydrogens is 414 g/mol. The molecule has 3 aliphatic rings. The van der Waals surface area contributed by atoms with E-state index in [-0.39, 0.29) is 31.1 Å². The Bertz CT molecular complexity index is 734. The van der Waals surface area contributed by atoms with Gasteiger partial charge in [-0.15, -0.1) is 0 Å². The zero-order chi connectivity index (χ0) is 22.9. The maximum absolute atomic E-state index is 12.5. The number of piperidine rings is 1. The van der Waals surface area contributed by atoms with Gasteiger partial charge in [0.2, 0.25) is 5.91 Å². The van der Waals surface area contributed by atoms with E-state index < -0.39 is 18.1 Å². The molecule has 1 heterocycles. The fraction of sp³-hybridized carbons (Fsp3) is 0.818. The Morgan fingerprint density at radius 3 is 2.81 bits per heavy atom. The van der Waals surface area contributed by atoms with Crippen LogP contribution in [0, 0.1) is 5.92 Å². The van der Waals surface area contributed by atoms with Crippen LogP contribution in [0.3, 0.4) is 0 Å². The van der Waals surface area contributed by atoms with Gasteiger partial charge in [-0.1, -0.05) is 11.2 Å². The van der Waals surface area contributed by atoms with Crippen molar-refractivity contribution in [1.29, 1.82) is 0 Å². The molecule has 1 saturated heterocycles. The molecule has 1 amide bonds. The fourth-order valence-corrected chi connectivity index (χ4v) is 4.44. The molecule has 10 heteroatoms. The van der Waals surface area contributed by atoms with Gasteiger partial charge in [-0.05, 0) is 57.0 Å². The molecule has 0 bridgehead atoms. The highest BCUT2D eigenvalue weighted by atomic mass is 16.5. The van der Waals surface area contributed by atoms with Gasteiger partial charge in [-0.2, -0.15) is 0 Å². The Kier molecular flexibility index (Phi) is 9.35. The Morgan fingerprint density at radius 2 is 2.12 bits per heavy atom. The van der Waals surface area contributed by atoms with E-state index in [1.54, 1.807) is 6.92 Å². The van der Waals surface area contributed by atoms with E-state index >= 15 is 0 Å². The lowest BCUT2D eigenvalue weighted by Gasteiger charge is -2.44. The Labute approximate surface area is 189 Å².